The summed E-state index contributed by atoms with van der Waals surface area (Å²) < 4.78 is 0. The Morgan fingerprint density at radius 3 is 2.45 bits per heavy atom. The van der Waals surface area contributed by atoms with Gasteiger partial charge in [0, 0.05) is 24.5 Å². The van der Waals surface area contributed by atoms with Gasteiger partial charge in [0.2, 0.25) is 0 Å². The van der Waals surface area contributed by atoms with Crippen LogP contribution in [-0.4, -0.2) is 49.4 Å². The lowest BCUT2D eigenvalue weighted by Crippen LogP contribution is -2.37. The molecule has 0 atom stereocenters. The van der Waals surface area contributed by atoms with E-state index in [-0.39, 0.29) is 5.91 Å². The van der Waals surface area contributed by atoms with Crippen LogP contribution in [0.5, 0.6) is 0 Å². The van der Waals surface area contributed by atoms with Gasteiger partial charge >= 0.3 is 0 Å². The van der Waals surface area contributed by atoms with Gasteiger partial charge in [-0.3, -0.25) is 4.79 Å². The van der Waals surface area contributed by atoms with Crippen molar-refractivity contribution in [1.82, 2.24) is 9.80 Å². The first-order valence-corrected chi connectivity index (χ1v) is 8.31. The smallest absolute Gasteiger partial charge is 0.253 e. The van der Waals surface area contributed by atoms with Crippen molar-refractivity contribution in [1.29, 1.82) is 0 Å². The van der Waals surface area contributed by atoms with E-state index >= 15 is 0 Å². The number of carbonyl (C=O) groups excluding carboxylic acids is 1. The summed E-state index contributed by atoms with van der Waals surface area (Å²) in [5.41, 5.74) is 1.98. The Kier molecular flexibility index (Phi) is 5.61. The molecule has 4 heteroatoms. The molecule has 1 aromatic rings. The van der Waals surface area contributed by atoms with E-state index < -0.39 is 0 Å². The van der Waals surface area contributed by atoms with Crippen molar-refractivity contribution in [2.24, 2.45) is 5.92 Å². The molecule has 1 aliphatic rings. The highest BCUT2D eigenvalue weighted by atomic mass is 79.9. The largest absolute Gasteiger partial charge is 0.341 e. The van der Waals surface area contributed by atoms with E-state index in [2.05, 4.69) is 27.9 Å². The number of hydrogen-bond acceptors (Lipinski definition) is 2. The second-order valence-electron chi connectivity index (χ2n) is 5.76. The zero-order chi connectivity index (χ0) is 14.5. The molecule has 0 aliphatic carbocycles. The lowest BCUT2D eigenvalue weighted by atomic mass is 9.96. The molecule has 1 aliphatic heterocycles. The van der Waals surface area contributed by atoms with Gasteiger partial charge in [0.25, 0.3) is 5.91 Å². The predicted molar refractivity (Wildman–Crippen MR) is 86.3 cm³/mol. The van der Waals surface area contributed by atoms with Gasteiger partial charge in [-0.1, -0.05) is 28.1 Å². The van der Waals surface area contributed by atoms with E-state index in [0.717, 1.165) is 30.5 Å². The third-order valence-corrected chi connectivity index (χ3v) is 4.72. The second kappa shape index (κ2) is 7.23. The van der Waals surface area contributed by atoms with E-state index in [1.54, 1.807) is 0 Å². The summed E-state index contributed by atoms with van der Waals surface area (Å²) in [5, 5.41) is 0.826. The number of likely N-dealkylation sites (tertiary alicyclic amines) is 1. The maximum atomic E-state index is 12.4. The molecular weight excluding hydrogens is 316 g/mol. The van der Waals surface area contributed by atoms with Crippen molar-refractivity contribution in [2.45, 2.75) is 18.2 Å². The van der Waals surface area contributed by atoms with Crippen molar-refractivity contribution in [3.63, 3.8) is 0 Å². The fraction of sp³-hybridized carbons (Fsp3) is 0.562. The van der Waals surface area contributed by atoms with Crippen LogP contribution in [0.15, 0.2) is 24.3 Å². The van der Waals surface area contributed by atoms with Gasteiger partial charge in [-0.2, -0.15) is 0 Å². The Morgan fingerprint density at radius 2 is 1.90 bits per heavy atom. The van der Waals surface area contributed by atoms with Crippen molar-refractivity contribution >= 4 is 21.8 Å². The number of benzene rings is 1. The van der Waals surface area contributed by atoms with Crippen LogP contribution < -0.4 is 0 Å². The molecule has 3 nitrogen and oxygen atoms in total. The molecule has 1 amide bonds. The molecule has 0 unspecified atom stereocenters. The molecular formula is C16H23BrN2O. The van der Waals surface area contributed by atoms with Crippen LogP contribution in [0.3, 0.4) is 0 Å². The first kappa shape index (κ1) is 15.5. The zero-order valence-corrected chi connectivity index (χ0v) is 13.9. The molecule has 1 saturated heterocycles. The number of nitrogens with zero attached hydrogens (tertiary/aromatic N) is 2. The quantitative estimate of drug-likeness (QED) is 0.788. The molecule has 1 aromatic carbocycles. The molecule has 0 radical (unpaired) electrons. The number of amides is 1. The number of carbonyl (C=O) groups is 1. The SMILES string of the molecule is CN1CCC(CN(C)C(=O)c2ccc(CBr)cc2)CC1. The topological polar surface area (TPSA) is 23.6 Å². The van der Waals surface area contributed by atoms with Gasteiger partial charge in [0.05, 0.1) is 0 Å². The molecule has 0 saturated carbocycles. The summed E-state index contributed by atoms with van der Waals surface area (Å²) in [6.07, 6.45) is 2.38. The normalized spacial score (nSPS) is 17.1. The summed E-state index contributed by atoms with van der Waals surface area (Å²) >= 11 is 3.42. The lowest BCUT2D eigenvalue weighted by molar-refractivity contribution is 0.0747. The van der Waals surface area contributed by atoms with Gasteiger partial charge in [-0.05, 0) is 56.6 Å². The summed E-state index contributed by atoms with van der Waals surface area (Å²) in [5.74, 6) is 0.770. The number of rotatable bonds is 4. The van der Waals surface area contributed by atoms with E-state index in [0.29, 0.717) is 5.92 Å². The van der Waals surface area contributed by atoms with Gasteiger partial charge in [0.1, 0.15) is 0 Å². The number of piperidine rings is 1. The third kappa shape index (κ3) is 4.06. The van der Waals surface area contributed by atoms with Crippen LogP contribution in [0.2, 0.25) is 0 Å². The predicted octanol–water partition coefficient (Wildman–Crippen LogP) is 3.00. The van der Waals surface area contributed by atoms with E-state index in [1.165, 1.54) is 18.4 Å². The number of hydrogen-bond donors (Lipinski definition) is 0. The lowest BCUT2D eigenvalue weighted by Gasteiger charge is -2.31. The third-order valence-electron chi connectivity index (χ3n) is 4.07. The van der Waals surface area contributed by atoms with Crippen LogP contribution in [0.1, 0.15) is 28.8 Å². The first-order chi connectivity index (χ1) is 9.60. The average molecular weight is 339 g/mol. The minimum atomic E-state index is 0.130. The van der Waals surface area contributed by atoms with Crippen molar-refractivity contribution in [3.05, 3.63) is 35.4 Å². The first-order valence-electron chi connectivity index (χ1n) is 7.19. The van der Waals surface area contributed by atoms with E-state index in [4.69, 9.17) is 0 Å². The van der Waals surface area contributed by atoms with Crippen molar-refractivity contribution < 1.29 is 4.79 Å². The molecule has 0 N–H and O–H groups in total. The number of alkyl halides is 1. The van der Waals surface area contributed by atoms with Gasteiger partial charge in [-0.25, -0.2) is 0 Å². The maximum absolute atomic E-state index is 12.4. The fourth-order valence-corrected chi connectivity index (χ4v) is 3.05. The van der Waals surface area contributed by atoms with Crippen LogP contribution >= 0.6 is 15.9 Å². The van der Waals surface area contributed by atoms with E-state index in [9.17, 15) is 4.79 Å². The maximum Gasteiger partial charge on any atom is 0.253 e. The van der Waals surface area contributed by atoms with Crippen LogP contribution in [0.25, 0.3) is 0 Å². The molecule has 20 heavy (non-hydrogen) atoms. The monoisotopic (exact) mass is 338 g/mol. The van der Waals surface area contributed by atoms with Crippen molar-refractivity contribution in [2.75, 3.05) is 33.7 Å². The standard InChI is InChI=1S/C16H23BrN2O/c1-18-9-7-14(8-10-18)12-19(2)16(20)15-5-3-13(11-17)4-6-15/h3-6,14H,7-12H2,1-2H3. The second-order valence-corrected chi connectivity index (χ2v) is 6.32. The molecule has 1 fully saturated rings. The molecule has 2 rings (SSSR count). The molecule has 0 spiro atoms. The molecule has 110 valence electrons. The summed E-state index contributed by atoms with van der Waals surface area (Å²) in [6, 6.07) is 7.85. The highest BCUT2D eigenvalue weighted by molar-refractivity contribution is 9.08. The van der Waals surface area contributed by atoms with Crippen LogP contribution in [-0.2, 0) is 5.33 Å². The van der Waals surface area contributed by atoms with Crippen LogP contribution in [0.4, 0.5) is 0 Å². The molecule has 1 heterocycles. The zero-order valence-electron chi connectivity index (χ0n) is 12.3. The van der Waals surface area contributed by atoms with Crippen molar-refractivity contribution in [3.8, 4) is 0 Å². The minimum Gasteiger partial charge on any atom is -0.341 e. The van der Waals surface area contributed by atoms with Gasteiger partial charge < -0.3 is 9.80 Å². The Balaban J connectivity index is 1.90. The van der Waals surface area contributed by atoms with Gasteiger partial charge in [0.15, 0.2) is 0 Å². The molecule has 0 aromatic heterocycles. The highest BCUT2D eigenvalue weighted by Gasteiger charge is 2.20. The Hall–Kier alpha value is -0.870. The summed E-state index contributed by atoms with van der Waals surface area (Å²) in [7, 11) is 4.08. The Labute approximate surface area is 130 Å². The number of halogens is 1. The molecule has 0 bridgehead atoms. The highest BCUT2D eigenvalue weighted by Crippen LogP contribution is 2.18. The Bertz CT molecular complexity index is 438. The van der Waals surface area contributed by atoms with E-state index in [1.807, 2.05) is 36.2 Å². The summed E-state index contributed by atoms with van der Waals surface area (Å²) in [4.78, 5) is 16.6. The minimum absolute atomic E-state index is 0.130. The Morgan fingerprint density at radius 1 is 1.30 bits per heavy atom. The summed E-state index contributed by atoms with van der Waals surface area (Å²) in [6.45, 7) is 3.16. The van der Waals surface area contributed by atoms with Crippen LogP contribution in [0, 0.1) is 5.92 Å². The average Bonchev–Trinajstić information content (AvgIpc) is 2.49. The fourth-order valence-electron chi connectivity index (χ4n) is 2.67. The van der Waals surface area contributed by atoms with Gasteiger partial charge in [-0.15, -0.1) is 0 Å².